The highest BCUT2D eigenvalue weighted by Crippen LogP contribution is 2.16. The fourth-order valence-corrected chi connectivity index (χ4v) is 1.57. The molecule has 0 aromatic heterocycles. The van der Waals surface area contributed by atoms with Crippen molar-refractivity contribution in [2.24, 2.45) is 0 Å². The Balaban J connectivity index is 2.29. The van der Waals surface area contributed by atoms with E-state index in [0.717, 1.165) is 5.75 Å². The quantitative estimate of drug-likeness (QED) is 0.514. The van der Waals surface area contributed by atoms with Gasteiger partial charge in [0.2, 0.25) is 0 Å². The van der Waals surface area contributed by atoms with Gasteiger partial charge in [-0.3, -0.25) is 0 Å². The van der Waals surface area contributed by atoms with Crippen molar-refractivity contribution in [1.82, 2.24) is 0 Å². The predicted molar refractivity (Wildman–Crippen MR) is 51.9 cm³/mol. The van der Waals surface area contributed by atoms with E-state index in [4.69, 9.17) is 0 Å². The predicted octanol–water partition coefficient (Wildman–Crippen LogP) is 2.77. The van der Waals surface area contributed by atoms with Gasteiger partial charge in [0.1, 0.15) is 6.61 Å². The van der Waals surface area contributed by atoms with E-state index in [0.29, 0.717) is 0 Å². The molecule has 0 amide bonds. The molecule has 0 bridgehead atoms. The van der Waals surface area contributed by atoms with E-state index < -0.39 is 0 Å². The summed E-state index contributed by atoms with van der Waals surface area (Å²) in [6.45, 7) is -0.116. The number of rotatable bonds is 4. The monoisotopic (exact) mass is 179 g/mol. The zero-order valence-electron chi connectivity index (χ0n) is 6.77. The summed E-state index contributed by atoms with van der Waals surface area (Å²) in [6.07, 6.45) is 3.56. The van der Waals surface area contributed by atoms with Crippen LogP contribution in [0.3, 0.4) is 0 Å². The van der Waals surface area contributed by atoms with Crippen LogP contribution in [0.25, 0.3) is 0 Å². The number of thioether (sulfide) groups is 1. The third kappa shape index (κ3) is 3.60. The first kappa shape index (κ1) is 9.36. The summed E-state index contributed by atoms with van der Waals surface area (Å²) in [7, 11) is 0. The molecular weight excluding hydrogens is 168 g/mol. The van der Waals surface area contributed by atoms with Gasteiger partial charge in [0.15, 0.2) is 0 Å². The van der Waals surface area contributed by atoms with Crippen molar-refractivity contribution in [3.05, 3.63) is 42.5 Å². The second-order valence-corrected chi connectivity index (χ2v) is 3.36. The minimum atomic E-state index is -0.116. The lowest BCUT2D eigenvalue weighted by Gasteiger charge is -1.95. The third-order valence-electron chi connectivity index (χ3n) is 1.35. The molecule has 0 unspecified atom stereocenters. The molecule has 12 heavy (non-hydrogen) atoms. The van der Waals surface area contributed by atoms with Crippen LogP contribution < -0.4 is 0 Å². The topological polar surface area (TPSA) is 19.9 Å². The Kier molecular flexibility index (Phi) is 4.57. The summed E-state index contributed by atoms with van der Waals surface area (Å²) in [5.74, 6) is 0.881. The highest BCUT2D eigenvalue weighted by Gasteiger charge is 1.87. The van der Waals surface area contributed by atoms with Crippen LogP contribution in [0.2, 0.25) is 0 Å². The van der Waals surface area contributed by atoms with Gasteiger partial charge in [0.25, 0.3) is 0 Å². The van der Waals surface area contributed by atoms with Crippen molar-refractivity contribution in [2.45, 2.75) is 4.90 Å². The molecule has 0 saturated heterocycles. The SMILES string of the molecule is [O]C/C=C/CSc1ccccc1. The average molecular weight is 179 g/mol. The Hall–Kier alpha value is -0.730. The van der Waals surface area contributed by atoms with Crippen LogP contribution in [0, 0.1) is 0 Å². The van der Waals surface area contributed by atoms with E-state index in [1.807, 2.05) is 24.3 Å². The summed E-state index contributed by atoms with van der Waals surface area (Å²) < 4.78 is 0. The molecule has 0 spiro atoms. The third-order valence-corrected chi connectivity index (χ3v) is 2.32. The maximum absolute atomic E-state index is 10.0. The van der Waals surface area contributed by atoms with Crippen molar-refractivity contribution >= 4 is 11.8 Å². The molecule has 0 aliphatic rings. The van der Waals surface area contributed by atoms with E-state index in [1.54, 1.807) is 17.8 Å². The summed E-state index contributed by atoms with van der Waals surface area (Å²) in [6, 6.07) is 10.2. The van der Waals surface area contributed by atoms with Gasteiger partial charge in [-0.25, -0.2) is 5.11 Å². The maximum Gasteiger partial charge on any atom is 0.100 e. The number of hydrogen-bond acceptors (Lipinski definition) is 1. The molecule has 1 aromatic rings. The average Bonchev–Trinajstić information content (AvgIpc) is 2.14. The van der Waals surface area contributed by atoms with E-state index >= 15 is 0 Å². The fourth-order valence-electron chi connectivity index (χ4n) is 0.797. The molecular formula is C10H11OS. The first-order valence-corrected chi connectivity index (χ1v) is 4.83. The Morgan fingerprint density at radius 2 is 1.92 bits per heavy atom. The van der Waals surface area contributed by atoms with E-state index in [2.05, 4.69) is 12.1 Å². The van der Waals surface area contributed by atoms with Crippen LogP contribution in [0.4, 0.5) is 0 Å². The Morgan fingerprint density at radius 1 is 1.17 bits per heavy atom. The van der Waals surface area contributed by atoms with Crippen molar-refractivity contribution in [3.8, 4) is 0 Å². The molecule has 1 rings (SSSR count). The molecule has 0 fully saturated rings. The molecule has 0 N–H and O–H groups in total. The Labute approximate surface area is 77.1 Å². The summed E-state index contributed by atoms with van der Waals surface area (Å²) in [5, 5.41) is 10.0. The minimum Gasteiger partial charge on any atom is -0.232 e. The first-order valence-electron chi connectivity index (χ1n) is 3.84. The van der Waals surface area contributed by atoms with Gasteiger partial charge in [0, 0.05) is 10.6 Å². The highest BCUT2D eigenvalue weighted by molar-refractivity contribution is 7.99. The molecule has 0 saturated carbocycles. The standard InChI is InChI=1S/C10H11OS/c11-8-4-5-9-12-10-6-2-1-3-7-10/h1-7H,8-9H2/b5-4+. The Morgan fingerprint density at radius 3 is 2.58 bits per heavy atom. The van der Waals surface area contributed by atoms with E-state index in [-0.39, 0.29) is 6.61 Å². The minimum absolute atomic E-state index is 0.116. The van der Waals surface area contributed by atoms with Gasteiger partial charge >= 0.3 is 0 Å². The second kappa shape index (κ2) is 5.86. The molecule has 2 heteroatoms. The molecule has 1 aromatic carbocycles. The van der Waals surface area contributed by atoms with E-state index in [1.165, 1.54) is 4.90 Å². The van der Waals surface area contributed by atoms with Crippen LogP contribution >= 0.6 is 11.8 Å². The molecule has 0 aliphatic heterocycles. The van der Waals surface area contributed by atoms with Crippen LogP contribution in [0.1, 0.15) is 0 Å². The van der Waals surface area contributed by atoms with Gasteiger partial charge in [0.05, 0.1) is 0 Å². The molecule has 0 aliphatic carbocycles. The van der Waals surface area contributed by atoms with Crippen LogP contribution in [-0.2, 0) is 5.11 Å². The largest absolute Gasteiger partial charge is 0.232 e. The van der Waals surface area contributed by atoms with Gasteiger partial charge in [-0.05, 0) is 12.1 Å². The summed E-state index contributed by atoms with van der Waals surface area (Å²) >= 11 is 1.73. The van der Waals surface area contributed by atoms with Crippen LogP contribution in [0.5, 0.6) is 0 Å². The molecule has 63 valence electrons. The second-order valence-electron chi connectivity index (χ2n) is 2.26. The maximum atomic E-state index is 10.0. The van der Waals surface area contributed by atoms with Gasteiger partial charge < -0.3 is 0 Å². The lowest BCUT2D eigenvalue weighted by atomic mass is 10.4. The molecule has 0 atom stereocenters. The van der Waals surface area contributed by atoms with Gasteiger partial charge in [-0.15, -0.1) is 11.8 Å². The van der Waals surface area contributed by atoms with Crippen molar-refractivity contribution in [1.29, 1.82) is 0 Å². The van der Waals surface area contributed by atoms with Gasteiger partial charge in [-0.2, -0.15) is 0 Å². The van der Waals surface area contributed by atoms with Crippen molar-refractivity contribution in [2.75, 3.05) is 12.4 Å². The summed E-state index contributed by atoms with van der Waals surface area (Å²) in [4.78, 5) is 1.24. The molecule has 1 radical (unpaired) electrons. The lowest BCUT2D eigenvalue weighted by Crippen LogP contribution is -1.74. The normalized spacial score (nSPS) is 10.8. The fraction of sp³-hybridized carbons (Fsp3) is 0.200. The molecule has 1 nitrogen and oxygen atoms in total. The van der Waals surface area contributed by atoms with Crippen molar-refractivity contribution in [3.63, 3.8) is 0 Å². The Bertz CT molecular complexity index is 231. The molecule has 0 heterocycles. The van der Waals surface area contributed by atoms with Crippen molar-refractivity contribution < 1.29 is 5.11 Å². The smallest absolute Gasteiger partial charge is 0.100 e. The zero-order chi connectivity index (χ0) is 8.65. The zero-order valence-corrected chi connectivity index (χ0v) is 7.59. The van der Waals surface area contributed by atoms with E-state index in [9.17, 15) is 5.11 Å². The van der Waals surface area contributed by atoms with Crippen LogP contribution in [-0.4, -0.2) is 12.4 Å². The number of benzene rings is 1. The number of hydrogen-bond donors (Lipinski definition) is 0. The van der Waals surface area contributed by atoms with Crippen LogP contribution in [0.15, 0.2) is 47.4 Å². The lowest BCUT2D eigenvalue weighted by molar-refractivity contribution is 0.232. The first-order chi connectivity index (χ1) is 5.93. The highest BCUT2D eigenvalue weighted by atomic mass is 32.2. The van der Waals surface area contributed by atoms with Gasteiger partial charge in [-0.1, -0.05) is 30.4 Å². The summed E-state index contributed by atoms with van der Waals surface area (Å²) in [5.41, 5.74) is 0.